The van der Waals surface area contributed by atoms with Gasteiger partial charge in [-0.15, -0.1) is 0 Å². The van der Waals surface area contributed by atoms with Crippen molar-refractivity contribution in [2.24, 2.45) is 34.5 Å². The average molecular weight is 360 g/mol. The number of hydrogen-bond donors (Lipinski definition) is 2. The number of ketones is 1. The molecule has 0 unspecified atom stereocenters. The second-order valence-electron chi connectivity index (χ2n) is 9.05. The molecule has 0 amide bonds. The quantitative estimate of drug-likeness (QED) is 0.694. The van der Waals surface area contributed by atoms with Crippen molar-refractivity contribution in [1.29, 1.82) is 0 Å². The smallest absolute Gasteiger partial charge is 0.309 e. The Bertz CT molecular complexity index is 735. The Morgan fingerprint density at radius 1 is 1.15 bits per heavy atom. The summed E-state index contributed by atoms with van der Waals surface area (Å²) in [7, 11) is 1.46. The third kappa shape index (κ3) is 2.03. The highest BCUT2D eigenvalue weighted by atomic mass is 16.5. The molecule has 4 rings (SSSR count). The fourth-order valence-corrected chi connectivity index (χ4v) is 6.89. The SMILES string of the molecule is COC(=O)[C@@H]1CC[C@H]2[C@@H]3CCC4=CC(O)=C(O)C(=O)[C@]4(C)[C@H]3CC[C@]12C. The molecule has 0 aromatic carbocycles. The number of carbonyl (C=O) groups excluding carboxylic acids is 2. The number of rotatable bonds is 1. The Balaban J connectivity index is 1.70. The van der Waals surface area contributed by atoms with Gasteiger partial charge in [-0.3, -0.25) is 9.59 Å². The van der Waals surface area contributed by atoms with Crippen LogP contribution in [0.4, 0.5) is 0 Å². The number of Topliss-reactive ketones (excluding diaryl/α,β-unsaturated/α-hetero) is 1. The number of aliphatic hydroxyl groups is 2. The predicted molar refractivity (Wildman–Crippen MR) is 95.3 cm³/mol. The zero-order valence-corrected chi connectivity index (χ0v) is 15.7. The number of methoxy groups -OCH3 is 1. The van der Waals surface area contributed by atoms with Crippen molar-refractivity contribution in [1.82, 2.24) is 0 Å². The van der Waals surface area contributed by atoms with Crippen molar-refractivity contribution in [3.05, 3.63) is 23.2 Å². The third-order valence-corrected chi connectivity index (χ3v) is 8.32. The van der Waals surface area contributed by atoms with E-state index in [0.29, 0.717) is 11.8 Å². The van der Waals surface area contributed by atoms with Crippen LogP contribution in [0, 0.1) is 34.5 Å². The van der Waals surface area contributed by atoms with Crippen LogP contribution in [0.15, 0.2) is 23.2 Å². The first-order valence-electron chi connectivity index (χ1n) is 9.71. The van der Waals surface area contributed by atoms with Crippen LogP contribution in [-0.2, 0) is 14.3 Å². The Morgan fingerprint density at radius 2 is 1.88 bits per heavy atom. The molecule has 0 aromatic rings. The summed E-state index contributed by atoms with van der Waals surface area (Å²) in [6.45, 7) is 4.16. The maximum atomic E-state index is 13.0. The number of ether oxygens (including phenoxy) is 1. The standard InChI is InChI=1S/C21H28O5/c1-20-9-8-14-12(13(20)6-7-15(20)19(25)26-3)5-4-11-10-16(22)17(23)18(24)21(11,14)2/h10,12-15,22-23H,4-9H2,1-3H3/t12-,13-,14-,15-,20-,21-/m0/s1. The maximum Gasteiger partial charge on any atom is 0.309 e. The molecular weight excluding hydrogens is 332 g/mol. The number of esters is 1. The van der Waals surface area contributed by atoms with E-state index < -0.39 is 11.2 Å². The van der Waals surface area contributed by atoms with Crippen LogP contribution in [0.3, 0.4) is 0 Å². The minimum absolute atomic E-state index is 0.0532. The molecule has 3 fully saturated rings. The predicted octanol–water partition coefficient (Wildman–Crippen LogP) is 3.85. The lowest BCUT2D eigenvalue weighted by molar-refractivity contribution is -0.154. The van der Waals surface area contributed by atoms with Gasteiger partial charge in [0, 0.05) is 0 Å². The van der Waals surface area contributed by atoms with Crippen molar-refractivity contribution >= 4 is 11.8 Å². The van der Waals surface area contributed by atoms with Gasteiger partial charge in [0.05, 0.1) is 18.4 Å². The van der Waals surface area contributed by atoms with Gasteiger partial charge in [0.2, 0.25) is 11.5 Å². The normalized spacial score (nSPS) is 44.7. The van der Waals surface area contributed by atoms with Gasteiger partial charge in [0.15, 0.2) is 5.76 Å². The molecular formula is C21H28O5. The minimum atomic E-state index is -0.732. The highest BCUT2D eigenvalue weighted by Crippen LogP contribution is 2.66. The van der Waals surface area contributed by atoms with E-state index in [0.717, 1.165) is 44.1 Å². The molecule has 0 aliphatic heterocycles. The number of aliphatic hydroxyl groups excluding tert-OH is 2. The highest BCUT2D eigenvalue weighted by Gasteiger charge is 2.62. The molecule has 4 aliphatic rings. The molecule has 0 heterocycles. The summed E-state index contributed by atoms with van der Waals surface area (Å²) in [4.78, 5) is 25.3. The van der Waals surface area contributed by atoms with Crippen LogP contribution in [0.2, 0.25) is 0 Å². The van der Waals surface area contributed by atoms with Gasteiger partial charge in [-0.05, 0) is 74.7 Å². The summed E-state index contributed by atoms with van der Waals surface area (Å²) in [5.74, 6) is -0.371. The number of allylic oxidation sites excluding steroid dienone is 3. The molecule has 26 heavy (non-hydrogen) atoms. The Labute approximate surface area is 154 Å². The van der Waals surface area contributed by atoms with Gasteiger partial charge in [-0.1, -0.05) is 12.5 Å². The summed E-state index contributed by atoms with van der Waals surface area (Å²) >= 11 is 0. The van der Waals surface area contributed by atoms with Gasteiger partial charge >= 0.3 is 5.97 Å². The Hall–Kier alpha value is -1.78. The highest BCUT2D eigenvalue weighted by molar-refractivity contribution is 6.02. The molecule has 5 heteroatoms. The number of hydrogen-bond acceptors (Lipinski definition) is 5. The van der Waals surface area contributed by atoms with Gasteiger partial charge in [-0.2, -0.15) is 0 Å². The molecule has 0 spiro atoms. The molecule has 0 radical (unpaired) electrons. The van der Waals surface area contributed by atoms with E-state index in [4.69, 9.17) is 4.74 Å². The van der Waals surface area contributed by atoms with Gasteiger partial charge in [0.25, 0.3) is 0 Å². The van der Waals surface area contributed by atoms with Crippen molar-refractivity contribution in [3.8, 4) is 0 Å². The molecule has 0 bridgehead atoms. The fourth-order valence-electron chi connectivity index (χ4n) is 6.89. The van der Waals surface area contributed by atoms with Crippen LogP contribution >= 0.6 is 0 Å². The third-order valence-electron chi connectivity index (χ3n) is 8.32. The number of fused-ring (bicyclic) bond motifs is 5. The summed E-state index contributed by atoms with van der Waals surface area (Å²) < 4.78 is 5.06. The van der Waals surface area contributed by atoms with E-state index in [-0.39, 0.29) is 34.8 Å². The maximum absolute atomic E-state index is 13.0. The van der Waals surface area contributed by atoms with Crippen molar-refractivity contribution in [3.63, 3.8) is 0 Å². The first kappa shape index (κ1) is 17.6. The van der Waals surface area contributed by atoms with Gasteiger partial charge in [-0.25, -0.2) is 0 Å². The zero-order valence-electron chi connectivity index (χ0n) is 15.7. The first-order chi connectivity index (χ1) is 12.2. The summed E-state index contributed by atoms with van der Waals surface area (Å²) in [5, 5.41) is 20.0. The monoisotopic (exact) mass is 360 g/mol. The first-order valence-corrected chi connectivity index (χ1v) is 9.71. The lowest BCUT2D eigenvalue weighted by Crippen LogP contribution is -2.54. The molecule has 0 aromatic heterocycles. The van der Waals surface area contributed by atoms with E-state index >= 15 is 0 Å². The molecule has 2 N–H and O–H groups in total. The molecule has 0 saturated heterocycles. The zero-order chi connectivity index (χ0) is 18.9. The molecule has 5 nitrogen and oxygen atoms in total. The second-order valence-corrected chi connectivity index (χ2v) is 9.05. The molecule has 142 valence electrons. The van der Waals surface area contributed by atoms with Gasteiger partial charge < -0.3 is 14.9 Å². The summed E-state index contributed by atoms with van der Waals surface area (Å²) in [6.07, 6.45) is 6.94. The van der Waals surface area contributed by atoms with Crippen LogP contribution in [-0.4, -0.2) is 29.1 Å². The molecule has 3 saturated carbocycles. The molecule has 4 aliphatic carbocycles. The van der Waals surface area contributed by atoms with Crippen molar-refractivity contribution < 1.29 is 24.5 Å². The summed E-state index contributed by atoms with van der Waals surface area (Å²) in [6, 6.07) is 0. The topological polar surface area (TPSA) is 83.8 Å². The van der Waals surface area contributed by atoms with Gasteiger partial charge in [0.1, 0.15) is 0 Å². The van der Waals surface area contributed by atoms with E-state index in [2.05, 4.69) is 6.92 Å². The van der Waals surface area contributed by atoms with E-state index in [1.54, 1.807) is 6.08 Å². The van der Waals surface area contributed by atoms with E-state index in [1.807, 2.05) is 6.92 Å². The largest absolute Gasteiger partial charge is 0.504 e. The Morgan fingerprint density at radius 3 is 2.58 bits per heavy atom. The minimum Gasteiger partial charge on any atom is -0.504 e. The second kappa shape index (κ2) is 5.61. The number of carbonyl (C=O) groups is 2. The van der Waals surface area contributed by atoms with Crippen LogP contribution in [0.25, 0.3) is 0 Å². The lowest BCUT2D eigenvalue weighted by atomic mass is 9.47. The van der Waals surface area contributed by atoms with Crippen molar-refractivity contribution in [2.45, 2.75) is 52.4 Å². The van der Waals surface area contributed by atoms with Crippen LogP contribution in [0.1, 0.15) is 52.4 Å². The fraction of sp³-hybridized carbons (Fsp3) is 0.714. The molecule has 6 atom stereocenters. The van der Waals surface area contributed by atoms with Crippen LogP contribution < -0.4 is 0 Å². The average Bonchev–Trinajstić information content (AvgIpc) is 2.98. The van der Waals surface area contributed by atoms with E-state index in [9.17, 15) is 19.8 Å². The van der Waals surface area contributed by atoms with Crippen LogP contribution in [0.5, 0.6) is 0 Å². The summed E-state index contributed by atoms with van der Waals surface area (Å²) in [5.41, 5.74) is 0.151. The lowest BCUT2D eigenvalue weighted by Gasteiger charge is -2.56. The van der Waals surface area contributed by atoms with Crippen molar-refractivity contribution in [2.75, 3.05) is 7.11 Å². The Kier molecular flexibility index (Phi) is 3.80. The van der Waals surface area contributed by atoms with E-state index in [1.165, 1.54) is 7.11 Å².